The van der Waals surface area contributed by atoms with Gasteiger partial charge in [-0.2, -0.15) is 0 Å². The molecule has 0 amide bonds. The highest BCUT2D eigenvalue weighted by Gasteiger charge is 2.16. The summed E-state index contributed by atoms with van der Waals surface area (Å²) in [5, 5.41) is 1.15. The lowest BCUT2D eigenvalue weighted by Gasteiger charge is -2.19. The first-order valence-electron chi connectivity index (χ1n) is 6.91. The monoisotopic (exact) mass is 240 g/mol. The summed E-state index contributed by atoms with van der Waals surface area (Å²) in [5.41, 5.74) is 13.6. The molecule has 1 aliphatic carbocycles. The molecule has 0 bridgehead atoms. The average molecular weight is 240 g/mol. The average Bonchev–Trinajstić information content (AvgIpc) is 2.39. The molecule has 2 nitrogen and oxygen atoms in total. The van der Waals surface area contributed by atoms with E-state index >= 15 is 0 Å². The normalized spacial score (nSPS) is 14.8. The molecule has 0 saturated heterocycles. The van der Waals surface area contributed by atoms with Crippen molar-refractivity contribution in [3.63, 3.8) is 0 Å². The van der Waals surface area contributed by atoms with E-state index in [4.69, 9.17) is 10.7 Å². The molecule has 1 aromatic heterocycles. The number of hydrogen-bond acceptors (Lipinski definition) is 2. The second kappa shape index (κ2) is 4.27. The zero-order chi connectivity index (χ0) is 12.7. The van der Waals surface area contributed by atoms with Gasteiger partial charge in [0.15, 0.2) is 0 Å². The van der Waals surface area contributed by atoms with E-state index in [1.165, 1.54) is 36.0 Å². The maximum absolute atomic E-state index is 6.32. The van der Waals surface area contributed by atoms with Crippen LogP contribution in [0, 0.1) is 6.92 Å². The third-order valence-electron chi connectivity index (χ3n) is 4.19. The highest BCUT2D eigenvalue weighted by atomic mass is 14.7. The summed E-state index contributed by atoms with van der Waals surface area (Å²) < 4.78 is 0. The number of nitrogens with two attached hydrogens (primary N) is 1. The van der Waals surface area contributed by atoms with Crippen LogP contribution in [0.3, 0.4) is 0 Å². The molecule has 0 spiro atoms. The molecule has 1 aliphatic rings. The minimum absolute atomic E-state index is 0.938. The number of aromatic nitrogens is 1. The molecular weight excluding hydrogens is 220 g/mol. The molecule has 3 rings (SSSR count). The summed E-state index contributed by atoms with van der Waals surface area (Å²) >= 11 is 0. The Morgan fingerprint density at radius 1 is 1.22 bits per heavy atom. The Balaban J connectivity index is 2.36. The quantitative estimate of drug-likeness (QED) is 0.827. The number of nitrogens with zero attached hydrogens (tertiary/aromatic N) is 1. The molecule has 2 N–H and O–H groups in total. The SMILES string of the molecule is CCc1c(C)nc2c3c(ccc2c1N)CCCC3. The molecule has 0 aliphatic heterocycles. The summed E-state index contributed by atoms with van der Waals surface area (Å²) in [6.07, 6.45) is 5.89. The van der Waals surface area contributed by atoms with Gasteiger partial charge in [-0.25, -0.2) is 0 Å². The number of rotatable bonds is 1. The first kappa shape index (κ1) is 11.5. The van der Waals surface area contributed by atoms with Crippen molar-refractivity contribution >= 4 is 16.6 Å². The van der Waals surface area contributed by atoms with E-state index in [9.17, 15) is 0 Å². The van der Waals surface area contributed by atoms with Crippen LogP contribution >= 0.6 is 0 Å². The largest absolute Gasteiger partial charge is 0.398 e. The van der Waals surface area contributed by atoms with Crippen LogP contribution in [-0.4, -0.2) is 4.98 Å². The van der Waals surface area contributed by atoms with E-state index in [2.05, 4.69) is 26.0 Å². The van der Waals surface area contributed by atoms with Gasteiger partial charge in [0.2, 0.25) is 0 Å². The molecule has 0 atom stereocenters. The van der Waals surface area contributed by atoms with Crippen molar-refractivity contribution in [1.82, 2.24) is 4.98 Å². The fourth-order valence-electron chi connectivity index (χ4n) is 3.19. The smallest absolute Gasteiger partial charge is 0.0760 e. The van der Waals surface area contributed by atoms with Crippen LogP contribution in [0.4, 0.5) is 5.69 Å². The number of aryl methyl sites for hydroxylation is 3. The van der Waals surface area contributed by atoms with Crippen molar-refractivity contribution in [3.8, 4) is 0 Å². The number of nitrogen functional groups attached to an aromatic ring is 1. The van der Waals surface area contributed by atoms with E-state index in [1.807, 2.05) is 0 Å². The van der Waals surface area contributed by atoms with Gasteiger partial charge in [-0.1, -0.05) is 19.1 Å². The third kappa shape index (κ3) is 1.59. The summed E-state index contributed by atoms with van der Waals surface area (Å²) in [7, 11) is 0. The van der Waals surface area contributed by atoms with Crippen molar-refractivity contribution < 1.29 is 0 Å². The van der Waals surface area contributed by atoms with Gasteiger partial charge in [-0.05, 0) is 55.7 Å². The number of anilines is 1. The van der Waals surface area contributed by atoms with E-state index in [1.54, 1.807) is 0 Å². The number of hydrogen-bond donors (Lipinski definition) is 1. The summed E-state index contributed by atoms with van der Waals surface area (Å²) in [4.78, 5) is 4.84. The van der Waals surface area contributed by atoms with Gasteiger partial charge in [0.05, 0.1) is 5.52 Å². The first-order valence-corrected chi connectivity index (χ1v) is 6.91. The lowest BCUT2D eigenvalue weighted by molar-refractivity contribution is 0.689. The van der Waals surface area contributed by atoms with Crippen molar-refractivity contribution in [2.75, 3.05) is 5.73 Å². The van der Waals surface area contributed by atoms with Gasteiger partial charge in [0.25, 0.3) is 0 Å². The summed E-state index contributed by atoms with van der Waals surface area (Å²) in [6.45, 7) is 4.22. The molecule has 1 heterocycles. The van der Waals surface area contributed by atoms with Gasteiger partial charge in [-0.15, -0.1) is 0 Å². The van der Waals surface area contributed by atoms with Gasteiger partial charge >= 0.3 is 0 Å². The van der Waals surface area contributed by atoms with E-state index in [-0.39, 0.29) is 0 Å². The van der Waals surface area contributed by atoms with E-state index < -0.39 is 0 Å². The Morgan fingerprint density at radius 2 is 2.00 bits per heavy atom. The van der Waals surface area contributed by atoms with E-state index in [0.29, 0.717) is 0 Å². The van der Waals surface area contributed by atoms with Crippen molar-refractivity contribution in [3.05, 3.63) is 34.5 Å². The molecule has 0 saturated carbocycles. The Bertz CT molecular complexity index is 614. The first-order chi connectivity index (χ1) is 8.72. The number of fused-ring (bicyclic) bond motifs is 3. The van der Waals surface area contributed by atoms with Gasteiger partial charge in [0.1, 0.15) is 0 Å². The van der Waals surface area contributed by atoms with Gasteiger partial charge in [-0.3, -0.25) is 4.98 Å². The molecule has 18 heavy (non-hydrogen) atoms. The lowest BCUT2D eigenvalue weighted by Crippen LogP contribution is -2.07. The van der Waals surface area contributed by atoms with Crippen molar-refractivity contribution in [1.29, 1.82) is 0 Å². The molecule has 2 heteroatoms. The Kier molecular flexibility index (Phi) is 2.73. The standard InChI is InChI=1S/C16H20N2/c1-3-12-10(2)18-16-13-7-5-4-6-11(13)8-9-14(16)15(12)17/h8-9H,3-7H2,1-2H3,(H2,17,18). The maximum atomic E-state index is 6.32. The summed E-state index contributed by atoms with van der Waals surface area (Å²) in [6, 6.07) is 4.42. The number of pyridine rings is 1. The van der Waals surface area contributed by atoms with Crippen molar-refractivity contribution in [2.45, 2.75) is 46.0 Å². The molecule has 2 aromatic rings. The van der Waals surface area contributed by atoms with Crippen LogP contribution in [-0.2, 0) is 19.3 Å². The zero-order valence-corrected chi connectivity index (χ0v) is 11.2. The maximum Gasteiger partial charge on any atom is 0.0760 e. The molecular formula is C16H20N2. The molecule has 0 radical (unpaired) electrons. The zero-order valence-electron chi connectivity index (χ0n) is 11.2. The third-order valence-corrected chi connectivity index (χ3v) is 4.19. The van der Waals surface area contributed by atoms with Crippen LogP contribution in [0.15, 0.2) is 12.1 Å². The fourth-order valence-corrected chi connectivity index (χ4v) is 3.19. The second-order valence-electron chi connectivity index (χ2n) is 5.25. The van der Waals surface area contributed by atoms with Crippen LogP contribution in [0.2, 0.25) is 0 Å². The Hall–Kier alpha value is -1.57. The minimum Gasteiger partial charge on any atom is -0.398 e. The van der Waals surface area contributed by atoms with Crippen LogP contribution in [0.5, 0.6) is 0 Å². The van der Waals surface area contributed by atoms with Crippen LogP contribution in [0.1, 0.15) is 42.1 Å². The number of benzene rings is 1. The minimum atomic E-state index is 0.938. The van der Waals surface area contributed by atoms with Crippen LogP contribution in [0.25, 0.3) is 10.9 Å². The Morgan fingerprint density at radius 3 is 2.78 bits per heavy atom. The van der Waals surface area contributed by atoms with Crippen molar-refractivity contribution in [2.24, 2.45) is 0 Å². The molecule has 94 valence electrons. The highest BCUT2D eigenvalue weighted by Crippen LogP contribution is 2.33. The second-order valence-corrected chi connectivity index (χ2v) is 5.25. The molecule has 1 aromatic carbocycles. The van der Waals surface area contributed by atoms with Gasteiger partial charge in [0, 0.05) is 16.8 Å². The van der Waals surface area contributed by atoms with Crippen LogP contribution < -0.4 is 5.73 Å². The predicted molar refractivity (Wildman–Crippen MR) is 76.9 cm³/mol. The lowest BCUT2D eigenvalue weighted by atomic mass is 9.88. The predicted octanol–water partition coefficient (Wildman–Crippen LogP) is 3.57. The Labute approximate surface area is 108 Å². The topological polar surface area (TPSA) is 38.9 Å². The van der Waals surface area contributed by atoms with E-state index in [0.717, 1.165) is 35.1 Å². The molecule has 0 fully saturated rings. The summed E-state index contributed by atoms with van der Waals surface area (Å²) in [5.74, 6) is 0. The highest BCUT2D eigenvalue weighted by molar-refractivity contribution is 5.94. The van der Waals surface area contributed by atoms with Gasteiger partial charge < -0.3 is 5.73 Å². The molecule has 0 unspecified atom stereocenters. The fraction of sp³-hybridized carbons (Fsp3) is 0.438.